The number of nitriles is 1. The Balaban J connectivity index is 1.79. The minimum absolute atomic E-state index is 0.245. The Morgan fingerprint density at radius 2 is 1.56 bits per heavy atom. The van der Waals surface area contributed by atoms with Crippen LogP contribution in [0.25, 0.3) is 22.4 Å². The summed E-state index contributed by atoms with van der Waals surface area (Å²) in [5.74, 6) is 1.09. The topological polar surface area (TPSA) is 71.9 Å². The molecular formula is C27H30BrN3O. The van der Waals surface area contributed by atoms with E-state index >= 15 is 0 Å². The summed E-state index contributed by atoms with van der Waals surface area (Å²) in [5, 5.41) is 9.76. The highest BCUT2D eigenvalue weighted by molar-refractivity contribution is 9.10. The molecule has 2 aromatic carbocycles. The second-order valence-corrected chi connectivity index (χ2v) is 8.90. The largest absolute Gasteiger partial charge is 0.494 e. The number of anilines is 1. The zero-order valence-electron chi connectivity index (χ0n) is 18.8. The van der Waals surface area contributed by atoms with Gasteiger partial charge >= 0.3 is 0 Å². The van der Waals surface area contributed by atoms with Gasteiger partial charge in [0.1, 0.15) is 23.2 Å². The Labute approximate surface area is 199 Å². The molecule has 3 rings (SSSR count). The Hall–Kier alpha value is -2.84. The molecule has 0 aliphatic rings. The first-order chi connectivity index (χ1) is 15.5. The van der Waals surface area contributed by atoms with Crippen molar-refractivity contribution < 1.29 is 4.74 Å². The van der Waals surface area contributed by atoms with E-state index in [4.69, 9.17) is 10.5 Å². The van der Waals surface area contributed by atoms with Gasteiger partial charge in [-0.25, -0.2) is 4.98 Å². The van der Waals surface area contributed by atoms with Crippen molar-refractivity contribution in [1.29, 1.82) is 5.26 Å². The summed E-state index contributed by atoms with van der Waals surface area (Å²) in [4.78, 5) is 4.54. The van der Waals surface area contributed by atoms with Gasteiger partial charge in [0.2, 0.25) is 0 Å². The van der Waals surface area contributed by atoms with Crippen molar-refractivity contribution in [3.63, 3.8) is 0 Å². The average molecular weight is 492 g/mol. The van der Waals surface area contributed by atoms with Gasteiger partial charge in [-0.1, -0.05) is 79.2 Å². The molecular weight excluding hydrogens is 462 g/mol. The molecule has 0 atom stereocenters. The highest BCUT2D eigenvalue weighted by Gasteiger charge is 2.18. The molecule has 1 heterocycles. The average Bonchev–Trinajstić information content (AvgIpc) is 2.80. The van der Waals surface area contributed by atoms with Crippen LogP contribution in [0.3, 0.4) is 0 Å². The van der Waals surface area contributed by atoms with Crippen molar-refractivity contribution in [2.45, 2.75) is 52.4 Å². The molecule has 5 heteroatoms. The third-order valence-corrected chi connectivity index (χ3v) is 6.14. The van der Waals surface area contributed by atoms with E-state index in [2.05, 4.69) is 33.9 Å². The molecule has 0 spiro atoms. The van der Waals surface area contributed by atoms with E-state index in [0.29, 0.717) is 5.56 Å². The zero-order valence-corrected chi connectivity index (χ0v) is 20.4. The smallest absolute Gasteiger partial charge is 0.142 e. The van der Waals surface area contributed by atoms with E-state index in [9.17, 15) is 5.26 Å². The van der Waals surface area contributed by atoms with Crippen LogP contribution in [0.1, 0.15) is 56.6 Å². The van der Waals surface area contributed by atoms with Crippen molar-refractivity contribution in [2.75, 3.05) is 12.3 Å². The molecule has 0 aliphatic carbocycles. The van der Waals surface area contributed by atoms with Crippen LogP contribution in [0, 0.1) is 18.3 Å². The SMILES string of the molecule is CCCCCCCCOc1ccc(-c2c(C)c(-c3ccc(Br)cc3)nc(N)c2C#N)cc1. The van der Waals surface area contributed by atoms with Gasteiger partial charge in [0.05, 0.1) is 12.3 Å². The third kappa shape index (κ3) is 5.89. The number of nitrogens with zero attached hydrogens (tertiary/aromatic N) is 2. The quantitative estimate of drug-likeness (QED) is 0.295. The van der Waals surface area contributed by atoms with E-state index in [-0.39, 0.29) is 5.82 Å². The lowest BCUT2D eigenvalue weighted by molar-refractivity contribution is 0.304. The van der Waals surface area contributed by atoms with Crippen LogP contribution in [0.5, 0.6) is 5.75 Å². The number of rotatable bonds is 10. The summed E-state index contributed by atoms with van der Waals surface area (Å²) in [6.45, 7) is 4.95. The fourth-order valence-corrected chi connectivity index (χ4v) is 4.11. The van der Waals surface area contributed by atoms with E-state index in [0.717, 1.165) is 51.2 Å². The minimum Gasteiger partial charge on any atom is -0.494 e. The summed E-state index contributed by atoms with van der Waals surface area (Å²) in [6, 6.07) is 18.1. The van der Waals surface area contributed by atoms with E-state index in [1.165, 1.54) is 32.1 Å². The number of nitrogen functional groups attached to an aromatic ring is 1. The lowest BCUT2D eigenvalue weighted by Crippen LogP contribution is -2.03. The predicted molar refractivity (Wildman–Crippen MR) is 136 cm³/mol. The van der Waals surface area contributed by atoms with Crippen LogP contribution in [-0.4, -0.2) is 11.6 Å². The van der Waals surface area contributed by atoms with Crippen molar-refractivity contribution in [3.8, 4) is 34.2 Å². The van der Waals surface area contributed by atoms with Gasteiger partial charge in [0, 0.05) is 15.6 Å². The molecule has 0 saturated heterocycles. The molecule has 3 aromatic rings. The highest BCUT2D eigenvalue weighted by atomic mass is 79.9. The molecule has 0 saturated carbocycles. The fourth-order valence-electron chi connectivity index (χ4n) is 3.85. The van der Waals surface area contributed by atoms with Crippen LogP contribution in [0.2, 0.25) is 0 Å². The Morgan fingerprint density at radius 1 is 0.938 bits per heavy atom. The number of unbranched alkanes of at least 4 members (excludes halogenated alkanes) is 5. The molecule has 0 unspecified atom stereocenters. The summed E-state index contributed by atoms with van der Waals surface area (Å²) in [7, 11) is 0. The Kier molecular flexibility index (Phi) is 8.70. The van der Waals surface area contributed by atoms with Gasteiger partial charge in [0.25, 0.3) is 0 Å². The van der Waals surface area contributed by atoms with E-state index in [1.807, 2.05) is 55.5 Å². The lowest BCUT2D eigenvalue weighted by atomic mass is 9.93. The van der Waals surface area contributed by atoms with Gasteiger partial charge < -0.3 is 10.5 Å². The van der Waals surface area contributed by atoms with Gasteiger partial charge in [0.15, 0.2) is 0 Å². The zero-order chi connectivity index (χ0) is 22.9. The van der Waals surface area contributed by atoms with Gasteiger partial charge in [-0.15, -0.1) is 0 Å². The maximum Gasteiger partial charge on any atom is 0.142 e. The number of benzene rings is 2. The molecule has 1 aromatic heterocycles. The molecule has 0 amide bonds. The molecule has 32 heavy (non-hydrogen) atoms. The van der Waals surface area contributed by atoms with Crippen LogP contribution in [0.15, 0.2) is 53.0 Å². The van der Waals surface area contributed by atoms with Crippen molar-refractivity contribution in [1.82, 2.24) is 4.98 Å². The molecule has 4 nitrogen and oxygen atoms in total. The maximum absolute atomic E-state index is 9.76. The predicted octanol–water partition coefficient (Wildman–Crippen LogP) is 7.68. The normalized spacial score (nSPS) is 10.7. The van der Waals surface area contributed by atoms with Crippen molar-refractivity contribution in [2.24, 2.45) is 0 Å². The van der Waals surface area contributed by atoms with Crippen LogP contribution >= 0.6 is 15.9 Å². The minimum atomic E-state index is 0.245. The number of pyridine rings is 1. The second-order valence-electron chi connectivity index (χ2n) is 7.98. The third-order valence-electron chi connectivity index (χ3n) is 5.61. The first-order valence-corrected chi connectivity index (χ1v) is 12.0. The maximum atomic E-state index is 9.76. The molecule has 0 fully saturated rings. The van der Waals surface area contributed by atoms with Crippen molar-refractivity contribution >= 4 is 21.7 Å². The van der Waals surface area contributed by atoms with Crippen LogP contribution < -0.4 is 10.5 Å². The standard InChI is InChI=1S/C27H30BrN3O/c1-3-4-5-6-7-8-17-32-23-15-11-20(12-16-23)25-19(2)26(31-27(30)24(25)18-29)21-9-13-22(28)14-10-21/h9-16H,3-8,17H2,1-2H3,(H2,30,31). The summed E-state index contributed by atoms with van der Waals surface area (Å²) < 4.78 is 6.91. The summed E-state index contributed by atoms with van der Waals surface area (Å²) >= 11 is 3.47. The lowest BCUT2D eigenvalue weighted by Gasteiger charge is -2.15. The second kappa shape index (κ2) is 11.7. The molecule has 0 aliphatic heterocycles. The molecule has 166 valence electrons. The van der Waals surface area contributed by atoms with Crippen LogP contribution in [0.4, 0.5) is 5.82 Å². The molecule has 0 radical (unpaired) electrons. The summed E-state index contributed by atoms with van der Waals surface area (Å²) in [5.41, 5.74) is 11.0. The highest BCUT2D eigenvalue weighted by Crippen LogP contribution is 2.36. The number of nitrogens with two attached hydrogens (primary N) is 1. The molecule has 0 bridgehead atoms. The number of hydrogen-bond donors (Lipinski definition) is 1. The number of halogens is 1. The fraction of sp³-hybridized carbons (Fsp3) is 0.333. The van der Waals surface area contributed by atoms with E-state index < -0.39 is 0 Å². The number of hydrogen-bond acceptors (Lipinski definition) is 4. The molecule has 2 N–H and O–H groups in total. The first-order valence-electron chi connectivity index (χ1n) is 11.2. The van der Waals surface area contributed by atoms with Gasteiger partial charge in [-0.3, -0.25) is 0 Å². The van der Waals surface area contributed by atoms with Crippen molar-refractivity contribution in [3.05, 3.63) is 64.1 Å². The van der Waals surface area contributed by atoms with Gasteiger partial charge in [-0.2, -0.15) is 5.26 Å². The Morgan fingerprint density at radius 3 is 2.22 bits per heavy atom. The summed E-state index contributed by atoms with van der Waals surface area (Å²) in [6.07, 6.45) is 7.44. The monoisotopic (exact) mass is 491 g/mol. The Bertz CT molecular complexity index is 1070. The first kappa shape index (κ1) is 23.8. The van der Waals surface area contributed by atoms with Gasteiger partial charge in [-0.05, 0) is 48.7 Å². The van der Waals surface area contributed by atoms with Crippen LogP contribution in [-0.2, 0) is 0 Å². The number of ether oxygens (including phenoxy) is 1. The van der Waals surface area contributed by atoms with E-state index in [1.54, 1.807) is 0 Å². The number of aromatic nitrogens is 1.